The van der Waals surface area contributed by atoms with Gasteiger partial charge in [-0.3, -0.25) is 4.79 Å². The lowest BCUT2D eigenvalue weighted by Gasteiger charge is -2.27. The minimum absolute atomic E-state index is 0.817. The van der Waals surface area contributed by atoms with Gasteiger partial charge in [0.2, 0.25) is 6.41 Å². The molecular formula is C20H32N2OS. The summed E-state index contributed by atoms with van der Waals surface area (Å²) >= 11 is 1.73. The lowest BCUT2D eigenvalue weighted by Crippen LogP contribution is -2.31. The maximum absolute atomic E-state index is 11.6. The number of rotatable bonds is 10. The Kier molecular flexibility index (Phi) is 8.68. The Hall–Kier alpha value is -1.00. The van der Waals surface area contributed by atoms with Crippen LogP contribution in [0.4, 0.5) is 5.69 Å². The Morgan fingerprint density at radius 3 is 2.67 bits per heavy atom. The van der Waals surface area contributed by atoms with Crippen molar-refractivity contribution in [2.75, 3.05) is 37.3 Å². The molecule has 1 aromatic carbocycles. The van der Waals surface area contributed by atoms with Gasteiger partial charge in [-0.2, -0.15) is 0 Å². The van der Waals surface area contributed by atoms with Gasteiger partial charge in [-0.15, -0.1) is 11.8 Å². The number of hydrogen-bond donors (Lipinski definition) is 0. The number of piperidine rings is 1. The number of carbonyl (C=O) groups is 1. The number of benzene rings is 1. The first-order valence-electron chi connectivity index (χ1n) is 9.39. The van der Waals surface area contributed by atoms with E-state index in [2.05, 4.69) is 36.3 Å². The van der Waals surface area contributed by atoms with Crippen LogP contribution in [0.2, 0.25) is 0 Å². The molecule has 0 aliphatic carbocycles. The van der Waals surface area contributed by atoms with E-state index in [1.54, 1.807) is 11.8 Å². The highest BCUT2D eigenvalue weighted by Gasteiger charge is 2.12. The molecule has 1 aromatic rings. The smallest absolute Gasteiger partial charge is 0.214 e. The number of hydrogen-bond acceptors (Lipinski definition) is 3. The van der Waals surface area contributed by atoms with Crippen molar-refractivity contribution in [1.82, 2.24) is 4.90 Å². The predicted octanol–water partition coefficient (Wildman–Crippen LogP) is 4.59. The number of unbranched alkanes of at least 4 members (excludes halogenated alkanes) is 1. The SMILES string of the molecule is CCCc1ccc(N(C=O)CCCCN2CCCCC2)c(SC)c1. The zero-order valence-electron chi connectivity index (χ0n) is 15.3. The number of anilines is 1. The van der Waals surface area contributed by atoms with Crippen molar-refractivity contribution in [2.45, 2.75) is 56.8 Å². The van der Waals surface area contributed by atoms with Gasteiger partial charge in [0.25, 0.3) is 0 Å². The molecule has 1 heterocycles. The molecular weight excluding hydrogens is 316 g/mol. The van der Waals surface area contributed by atoms with Crippen LogP contribution in [0.15, 0.2) is 23.1 Å². The van der Waals surface area contributed by atoms with Gasteiger partial charge in [0.15, 0.2) is 0 Å². The van der Waals surface area contributed by atoms with E-state index >= 15 is 0 Å². The fraction of sp³-hybridized carbons (Fsp3) is 0.650. The molecule has 24 heavy (non-hydrogen) atoms. The summed E-state index contributed by atoms with van der Waals surface area (Å²) in [6.45, 7) is 6.71. The second-order valence-corrected chi connectivity index (χ2v) is 7.51. The molecule has 1 amide bonds. The van der Waals surface area contributed by atoms with E-state index in [1.807, 2.05) is 4.90 Å². The zero-order valence-corrected chi connectivity index (χ0v) is 16.1. The van der Waals surface area contributed by atoms with Crippen molar-refractivity contribution in [3.05, 3.63) is 23.8 Å². The highest BCUT2D eigenvalue weighted by Crippen LogP contribution is 2.30. The van der Waals surface area contributed by atoms with Crippen LogP contribution >= 0.6 is 11.8 Å². The van der Waals surface area contributed by atoms with E-state index in [-0.39, 0.29) is 0 Å². The third-order valence-electron chi connectivity index (χ3n) is 4.79. The quantitative estimate of drug-likeness (QED) is 0.351. The summed E-state index contributed by atoms with van der Waals surface area (Å²) in [5.74, 6) is 0. The molecule has 4 heteroatoms. The van der Waals surface area contributed by atoms with Gasteiger partial charge in [-0.25, -0.2) is 0 Å². The van der Waals surface area contributed by atoms with Gasteiger partial charge >= 0.3 is 0 Å². The highest BCUT2D eigenvalue weighted by atomic mass is 32.2. The summed E-state index contributed by atoms with van der Waals surface area (Å²) in [5.41, 5.74) is 2.43. The molecule has 0 bridgehead atoms. The Morgan fingerprint density at radius 2 is 2.00 bits per heavy atom. The molecule has 134 valence electrons. The van der Waals surface area contributed by atoms with Crippen molar-refractivity contribution in [3.63, 3.8) is 0 Å². The van der Waals surface area contributed by atoms with Crippen molar-refractivity contribution in [2.24, 2.45) is 0 Å². The Labute approximate surface area is 151 Å². The predicted molar refractivity (Wildman–Crippen MR) is 105 cm³/mol. The average Bonchev–Trinajstić information content (AvgIpc) is 2.63. The first-order chi connectivity index (χ1) is 11.8. The maximum Gasteiger partial charge on any atom is 0.214 e. The molecule has 1 saturated heterocycles. The fourth-order valence-corrected chi connectivity index (χ4v) is 4.10. The van der Waals surface area contributed by atoms with Gasteiger partial charge in [-0.1, -0.05) is 25.8 Å². The first-order valence-corrected chi connectivity index (χ1v) is 10.6. The number of likely N-dealkylation sites (tertiary alicyclic amines) is 1. The molecule has 0 atom stereocenters. The summed E-state index contributed by atoms with van der Waals surface area (Å²) in [6.07, 6.45) is 11.7. The molecule has 0 aromatic heterocycles. The lowest BCUT2D eigenvalue weighted by atomic mass is 10.1. The standard InChI is InChI=1S/C20H32N2OS/c1-3-9-18-10-11-19(20(16-18)24-2)22(17-23)15-8-7-14-21-12-5-4-6-13-21/h10-11,16-17H,3-9,12-15H2,1-2H3. The van der Waals surface area contributed by atoms with Crippen molar-refractivity contribution in [1.29, 1.82) is 0 Å². The van der Waals surface area contributed by atoms with Crippen LogP contribution < -0.4 is 4.90 Å². The lowest BCUT2D eigenvalue weighted by molar-refractivity contribution is -0.107. The van der Waals surface area contributed by atoms with E-state index in [0.29, 0.717) is 0 Å². The molecule has 0 saturated carbocycles. The van der Waals surface area contributed by atoms with E-state index in [1.165, 1.54) is 55.8 Å². The maximum atomic E-state index is 11.6. The molecule has 2 rings (SSSR count). The third kappa shape index (κ3) is 5.82. The van der Waals surface area contributed by atoms with Crippen LogP contribution in [-0.4, -0.2) is 43.7 Å². The van der Waals surface area contributed by atoms with Crippen molar-refractivity contribution >= 4 is 23.9 Å². The molecule has 0 spiro atoms. The highest BCUT2D eigenvalue weighted by molar-refractivity contribution is 7.98. The average molecular weight is 349 g/mol. The van der Waals surface area contributed by atoms with Gasteiger partial charge in [0.05, 0.1) is 5.69 Å². The summed E-state index contributed by atoms with van der Waals surface area (Å²) in [5, 5.41) is 0. The van der Waals surface area contributed by atoms with Gasteiger partial charge < -0.3 is 9.80 Å². The second-order valence-electron chi connectivity index (χ2n) is 6.66. The van der Waals surface area contributed by atoms with Crippen LogP contribution in [0.5, 0.6) is 0 Å². The first kappa shape index (κ1) is 19.3. The molecule has 1 aliphatic rings. The van der Waals surface area contributed by atoms with Gasteiger partial charge in [0.1, 0.15) is 0 Å². The minimum Gasteiger partial charge on any atom is -0.314 e. The summed E-state index contributed by atoms with van der Waals surface area (Å²) in [4.78, 5) is 17.3. The molecule has 0 radical (unpaired) electrons. The van der Waals surface area contributed by atoms with Gasteiger partial charge in [0, 0.05) is 11.4 Å². The normalized spacial score (nSPS) is 15.4. The Balaban J connectivity index is 1.86. The number of aryl methyl sites for hydroxylation is 1. The second kappa shape index (κ2) is 10.8. The Bertz CT molecular complexity index is 500. The summed E-state index contributed by atoms with van der Waals surface area (Å²) in [6, 6.07) is 6.53. The summed E-state index contributed by atoms with van der Waals surface area (Å²) in [7, 11) is 0. The van der Waals surface area contributed by atoms with Crippen LogP contribution in [0.25, 0.3) is 0 Å². The van der Waals surface area contributed by atoms with E-state index in [9.17, 15) is 4.79 Å². The molecule has 1 fully saturated rings. The topological polar surface area (TPSA) is 23.6 Å². The number of nitrogens with zero attached hydrogens (tertiary/aromatic N) is 2. The van der Waals surface area contributed by atoms with Crippen molar-refractivity contribution < 1.29 is 4.79 Å². The summed E-state index contributed by atoms with van der Waals surface area (Å²) < 4.78 is 0. The van der Waals surface area contributed by atoms with Crippen LogP contribution in [-0.2, 0) is 11.2 Å². The van der Waals surface area contributed by atoms with Crippen LogP contribution in [0.1, 0.15) is 51.0 Å². The molecule has 0 unspecified atom stereocenters. The van der Waals surface area contributed by atoms with E-state index in [0.717, 1.165) is 37.9 Å². The molecule has 1 aliphatic heterocycles. The molecule has 0 N–H and O–H groups in total. The number of carbonyl (C=O) groups excluding carboxylic acids is 1. The Morgan fingerprint density at radius 1 is 1.21 bits per heavy atom. The minimum atomic E-state index is 0.817. The monoisotopic (exact) mass is 348 g/mol. The number of amides is 1. The number of thioether (sulfide) groups is 1. The largest absolute Gasteiger partial charge is 0.314 e. The third-order valence-corrected chi connectivity index (χ3v) is 5.56. The van der Waals surface area contributed by atoms with E-state index < -0.39 is 0 Å². The van der Waals surface area contributed by atoms with Crippen LogP contribution in [0.3, 0.4) is 0 Å². The molecule has 3 nitrogen and oxygen atoms in total. The zero-order chi connectivity index (χ0) is 17.2. The van der Waals surface area contributed by atoms with Gasteiger partial charge in [-0.05, 0) is 75.7 Å². The van der Waals surface area contributed by atoms with Crippen molar-refractivity contribution in [3.8, 4) is 0 Å². The van der Waals surface area contributed by atoms with E-state index in [4.69, 9.17) is 0 Å². The van der Waals surface area contributed by atoms with Crippen LogP contribution in [0, 0.1) is 0 Å². The fourth-order valence-electron chi connectivity index (χ4n) is 3.43.